The van der Waals surface area contributed by atoms with Crippen LogP contribution in [0.3, 0.4) is 0 Å². The second-order valence-corrected chi connectivity index (χ2v) is 5.09. The number of aryl methyl sites for hydroxylation is 1. The van der Waals surface area contributed by atoms with E-state index in [1.807, 2.05) is 6.92 Å². The highest BCUT2D eigenvalue weighted by molar-refractivity contribution is 5.85. The molecule has 0 bridgehead atoms. The molecule has 0 aromatic heterocycles. The van der Waals surface area contributed by atoms with Crippen LogP contribution in [0.15, 0.2) is 24.3 Å². The second-order valence-electron chi connectivity index (χ2n) is 5.09. The summed E-state index contributed by atoms with van der Waals surface area (Å²) < 4.78 is 0. The number of carbonyl (C=O) groups excluding carboxylic acids is 1. The van der Waals surface area contributed by atoms with Crippen LogP contribution in [0.2, 0.25) is 0 Å². The maximum Gasteiger partial charge on any atom is 0.227 e. The van der Waals surface area contributed by atoms with Crippen molar-refractivity contribution in [3.05, 3.63) is 35.4 Å². The molecule has 3 heteroatoms. The van der Waals surface area contributed by atoms with Gasteiger partial charge in [-0.15, -0.1) is 0 Å². The molecular formula is C14H20N2O. The van der Waals surface area contributed by atoms with Gasteiger partial charge in [0.1, 0.15) is 0 Å². The topological polar surface area (TPSA) is 55.1 Å². The Morgan fingerprint density at radius 2 is 2.00 bits per heavy atom. The van der Waals surface area contributed by atoms with Gasteiger partial charge in [-0.25, -0.2) is 0 Å². The van der Waals surface area contributed by atoms with Crippen LogP contribution in [-0.4, -0.2) is 12.5 Å². The number of benzene rings is 1. The molecule has 1 aliphatic rings. The van der Waals surface area contributed by atoms with Crippen LogP contribution in [0.4, 0.5) is 0 Å². The monoisotopic (exact) mass is 232 g/mol. The van der Waals surface area contributed by atoms with Gasteiger partial charge < -0.3 is 11.1 Å². The first-order valence-electron chi connectivity index (χ1n) is 6.15. The van der Waals surface area contributed by atoms with Crippen molar-refractivity contribution in [2.24, 2.45) is 11.1 Å². The summed E-state index contributed by atoms with van der Waals surface area (Å²) in [5.41, 5.74) is 7.74. The van der Waals surface area contributed by atoms with Gasteiger partial charge in [-0.2, -0.15) is 0 Å². The van der Waals surface area contributed by atoms with Crippen molar-refractivity contribution in [2.75, 3.05) is 6.54 Å². The largest absolute Gasteiger partial charge is 0.349 e. The average Bonchev–Trinajstić information content (AvgIpc) is 3.10. The maximum atomic E-state index is 12.0. The number of nitrogens with two attached hydrogens (primary N) is 1. The fourth-order valence-corrected chi connectivity index (χ4v) is 1.96. The van der Waals surface area contributed by atoms with Crippen molar-refractivity contribution >= 4 is 5.91 Å². The van der Waals surface area contributed by atoms with E-state index in [0.717, 1.165) is 18.4 Å². The number of carbonyl (C=O) groups is 1. The Labute approximate surface area is 102 Å². The van der Waals surface area contributed by atoms with Crippen LogP contribution in [0.25, 0.3) is 0 Å². The minimum Gasteiger partial charge on any atom is -0.349 e. The molecule has 1 aromatic rings. The summed E-state index contributed by atoms with van der Waals surface area (Å²) >= 11 is 0. The fourth-order valence-electron chi connectivity index (χ4n) is 1.96. The molecule has 1 amide bonds. The Kier molecular flexibility index (Phi) is 3.20. The molecule has 1 aliphatic carbocycles. The molecule has 17 heavy (non-hydrogen) atoms. The summed E-state index contributed by atoms with van der Waals surface area (Å²) in [7, 11) is 0. The van der Waals surface area contributed by atoms with Crippen molar-refractivity contribution in [1.29, 1.82) is 0 Å². The van der Waals surface area contributed by atoms with Crippen molar-refractivity contribution in [3.63, 3.8) is 0 Å². The van der Waals surface area contributed by atoms with Crippen LogP contribution < -0.4 is 11.1 Å². The molecule has 0 heterocycles. The third-order valence-corrected chi connectivity index (χ3v) is 3.65. The Balaban J connectivity index is 1.99. The predicted octanol–water partition coefficient (Wildman–Crippen LogP) is 1.91. The SMILES string of the molecule is Cc1ccc([C@H](C)NC(=O)C2(CN)CC2)cc1. The average molecular weight is 232 g/mol. The first-order chi connectivity index (χ1) is 8.07. The zero-order valence-electron chi connectivity index (χ0n) is 10.5. The van der Waals surface area contributed by atoms with E-state index in [9.17, 15) is 4.79 Å². The van der Waals surface area contributed by atoms with E-state index in [0.29, 0.717) is 6.54 Å². The van der Waals surface area contributed by atoms with Crippen molar-refractivity contribution in [2.45, 2.75) is 32.7 Å². The summed E-state index contributed by atoms with van der Waals surface area (Å²) in [6.07, 6.45) is 1.85. The molecule has 1 aromatic carbocycles. The van der Waals surface area contributed by atoms with Gasteiger partial charge in [0.05, 0.1) is 11.5 Å². The highest BCUT2D eigenvalue weighted by atomic mass is 16.2. The third-order valence-electron chi connectivity index (χ3n) is 3.65. The predicted molar refractivity (Wildman–Crippen MR) is 68.5 cm³/mol. The molecule has 0 radical (unpaired) electrons. The molecule has 2 rings (SSSR count). The Bertz CT molecular complexity index is 407. The molecule has 0 unspecified atom stereocenters. The summed E-state index contributed by atoms with van der Waals surface area (Å²) in [6, 6.07) is 8.29. The van der Waals surface area contributed by atoms with E-state index < -0.39 is 0 Å². The van der Waals surface area contributed by atoms with Gasteiger partial charge in [0.25, 0.3) is 0 Å². The zero-order chi connectivity index (χ0) is 12.5. The Morgan fingerprint density at radius 1 is 1.41 bits per heavy atom. The van der Waals surface area contributed by atoms with Gasteiger partial charge in [-0.1, -0.05) is 29.8 Å². The van der Waals surface area contributed by atoms with E-state index in [1.54, 1.807) is 0 Å². The number of hydrogen-bond donors (Lipinski definition) is 2. The van der Waals surface area contributed by atoms with Gasteiger partial charge >= 0.3 is 0 Å². The minimum absolute atomic E-state index is 0.0483. The smallest absolute Gasteiger partial charge is 0.227 e. The number of rotatable bonds is 4. The lowest BCUT2D eigenvalue weighted by molar-refractivity contribution is -0.126. The first kappa shape index (κ1) is 12.1. The third kappa shape index (κ3) is 2.50. The highest BCUT2D eigenvalue weighted by Gasteiger charge is 2.48. The number of amides is 1. The molecule has 1 saturated carbocycles. The van der Waals surface area contributed by atoms with Gasteiger partial charge in [0, 0.05) is 6.54 Å². The minimum atomic E-state index is -0.265. The quantitative estimate of drug-likeness (QED) is 0.833. The van der Waals surface area contributed by atoms with Crippen LogP contribution in [0.5, 0.6) is 0 Å². The summed E-state index contributed by atoms with van der Waals surface area (Å²) in [5, 5.41) is 3.05. The van der Waals surface area contributed by atoms with Crippen molar-refractivity contribution in [1.82, 2.24) is 5.32 Å². The van der Waals surface area contributed by atoms with Crippen LogP contribution in [0, 0.1) is 12.3 Å². The molecule has 3 N–H and O–H groups in total. The summed E-state index contributed by atoms with van der Waals surface area (Å²) in [4.78, 5) is 12.0. The lowest BCUT2D eigenvalue weighted by Gasteiger charge is -2.18. The fraction of sp³-hybridized carbons (Fsp3) is 0.500. The van der Waals surface area contributed by atoms with Crippen molar-refractivity contribution < 1.29 is 4.79 Å². The van der Waals surface area contributed by atoms with Gasteiger partial charge in [-0.05, 0) is 32.3 Å². The summed E-state index contributed by atoms with van der Waals surface area (Å²) in [6.45, 7) is 4.52. The molecule has 3 nitrogen and oxygen atoms in total. The van der Waals surface area contributed by atoms with Crippen LogP contribution >= 0.6 is 0 Å². The van der Waals surface area contributed by atoms with E-state index in [1.165, 1.54) is 5.56 Å². The molecule has 0 saturated heterocycles. The maximum absolute atomic E-state index is 12.0. The lowest BCUT2D eigenvalue weighted by Crippen LogP contribution is -2.37. The molecule has 1 fully saturated rings. The van der Waals surface area contributed by atoms with Gasteiger partial charge in [0.15, 0.2) is 0 Å². The second kappa shape index (κ2) is 4.49. The standard InChI is InChI=1S/C14H20N2O/c1-10-3-5-12(6-4-10)11(2)16-13(17)14(9-15)7-8-14/h3-6,11H,7-9,15H2,1-2H3,(H,16,17)/t11-/m0/s1. The zero-order valence-corrected chi connectivity index (χ0v) is 10.5. The van der Waals surface area contributed by atoms with Gasteiger partial charge in [-0.3, -0.25) is 4.79 Å². The number of nitrogens with one attached hydrogen (secondary N) is 1. The number of hydrogen-bond acceptors (Lipinski definition) is 2. The van der Waals surface area contributed by atoms with E-state index >= 15 is 0 Å². The lowest BCUT2D eigenvalue weighted by atomic mass is 10.0. The molecule has 1 atom stereocenters. The first-order valence-corrected chi connectivity index (χ1v) is 6.15. The van der Waals surface area contributed by atoms with E-state index in [-0.39, 0.29) is 17.4 Å². The van der Waals surface area contributed by atoms with Crippen molar-refractivity contribution in [3.8, 4) is 0 Å². The Morgan fingerprint density at radius 3 is 2.47 bits per heavy atom. The van der Waals surface area contributed by atoms with Crippen LogP contribution in [0.1, 0.15) is 36.9 Å². The van der Waals surface area contributed by atoms with E-state index in [4.69, 9.17) is 5.73 Å². The molecule has 92 valence electrons. The highest BCUT2D eigenvalue weighted by Crippen LogP contribution is 2.45. The normalized spacial score (nSPS) is 18.5. The summed E-state index contributed by atoms with van der Waals surface area (Å²) in [5.74, 6) is 0.105. The molecular weight excluding hydrogens is 212 g/mol. The van der Waals surface area contributed by atoms with Crippen LogP contribution in [-0.2, 0) is 4.79 Å². The molecule has 0 spiro atoms. The van der Waals surface area contributed by atoms with E-state index in [2.05, 4.69) is 36.5 Å². The van der Waals surface area contributed by atoms with Gasteiger partial charge in [0.2, 0.25) is 5.91 Å². The molecule has 0 aliphatic heterocycles. The Hall–Kier alpha value is -1.35.